The second kappa shape index (κ2) is 6.49. The smallest absolute Gasteiger partial charge is 0.445 e. The molecule has 0 aliphatic heterocycles. The molecule has 0 atom stereocenters. The van der Waals surface area contributed by atoms with Crippen LogP contribution in [-0.4, -0.2) is 29.8 Å². The van der Waals surface area contributed by atoms with Crippen molar-refractivity contribution in [2.75, 3.05) is 18.6 Å². The first-order valence-electron chi connectivity index (χ1n) is 5.83. The maximum Gasteiger partial charge on any atom is 0.445 e. The van der Waals surface area contributed by atoms with Crippen molar-refractivity contribution >= 4 is 34.5 Å². The minimum Gasteiger partial charge on any atom is -0.459 e. The lowest BCUT2D eigenvalue weighted by molar-refractivity contribution is -0.138. The van der Waals surface area contributed by atoms with Crippen LogP contribution >= 0.6 is 22.9 Å². The Balaban J connectivity index is 1.95. The molecule has 22 heavy (non-hydrogen) atoms. The summed E-state index contributed by atoms with van der Waals surface area (Å²) in [5.41, 5.74) is 0.575. The third-order valence-electron chi connectivity index (χ3n) is 2.56. The van der Waals surface area contributed by atoms with Crippen LogP contribution in [0.25, 0.3) is 0 Å². The highest BCUT2D eigenvalue weighted by Gasteiger charge is 2.36. The maximum absolute atomic E-state index is 12.3. The van der Waals surface area contributed by atoms with E-state index in [1.54, 1.807) is 24.3 Å². The van der Waals surface area contributed by atoms with Crippen molar-refractivity contribution in [3.8, 4) is 5.19 Å². The Bertz CT molecular complexity index is 660. The summed E-state index contributed by atoms with van der Waals surface area (Å²) < 4.78 is 42.0. The maximum atomic E-state index is 12.3. The number of carbonyl (C=O) groups is 1. The van der Waals surface area contributed by atoms with Gasteiger partial charge in [-0.15, -0.1) is 5.10 Å². The van der Waals surface area contributed by atoms with E-state index in [4.69, 9.17) is 16.3 Å². The molecule has 1 aromatic heterocycles. The van der Waals surface area contributed by atoms with E-state index in [9.17, 15) is 18.0 Å². The van der Waals surface area contributed by atoms with E-state index in [0.29, 0.717) is 10.7 Å². The average Bonchev–Trinajstić information content (AvgIpc) is 2.94. The van der Waals surface area contributed by atoms with Crippen LogP contribution in [0.5, 0.6) is 5.19 Å². The van der Waals surface area contributed by atoms with E-state index in [2.05, 4.69) is 10.2 Å². The zero-order valence-electron chi connectivity index (χ0n) is 11.1. The number of likely N-dealkylation sites (N-methyl/N-ethyl adjacent to an activating group) is 1. The zero-order valence-corrected chi connectivity index (χ0v) is 12.7. The fraction of sp³-hybridized carbons (Fsp3) is 0.250. The molecule has 2 rings (SSSR count). The van der Waals surface area contributed by atoms with Crippen LogP contribution in [0.3, 0.4) is 0 Å². The molecule has 0 aliphatic rings. The fourth-order valence-corrected chi connectivity index (χ4v) is 2.10. The number of ether oxygens (including phenoxy) is 1. The van der Waals surface area contributed by atoms with Crippen LogP contribution in [0.2, 0.25) is 5.02 Å². The standard InChI is InChI=1S/C12H9ClF3N3O2S/c1-19(8-4-2-7(13)3-5-8)9(20)6-21-11-18-17-10(22-11)12(14,15)16/h2-5H,6H2,1H3. The van der Waals surface area contributed by atoms with Gasteiger partial charge >= 0.3 is 6.18 Å². The Morgan fingerprint density at radius 1 is 1.32 bits per heavy atom. The Kier molecular flexibility index (Phi) is 4.87. The number of carbonyl (C=O) groups excluding carboxylic acids is 1. The van der Waals surface area contributed by atoms with Gasteiger partial charge < -0.3 is 9.64 Å². The number of benzene rings is 1. The van der Waals surface area contributed by atoms with Crippen LogP contribution in [0.4, 0.5) is 18.9 Å². The number of hydrogen-bond acceptors (Lipinski definition) is 5. The Hall–Kier alpha value is -1.87. The van der Waals surface area contributed by atoms with Gasteiger partial charge in [0.05, 0.1) is 0 Å². The summed E-state index contributed by atoms with van der Waals surface area (Å²) in [5, 5.41) is 5.28. The third-order valence-corrected chi connectivity index (χ3v) is 3.69. The second-order valence-electron chi connectivity index (χ2n) is 4.09. The zero-order chi connectivity index (χ0) is 16.3. The van der Waals surface area contributed by atoms with Crippen molar-refractivity contribution in [3.05, 3.63) is 34.3 Å². The predicted octanol–water partition coefficient (Wildman–Crippen LogP) is 3.25. The van der Waals surface area contributed by atoms with Gasteiger partial charge in [-0.3, -0.25) is 4.79 Å². The molecule has 0 spiro atoms. The van der Waals surface area contributed by atoms with E-state index in [-0.39, 0.29) is 16.5 Å². The summed E-state index contributed by atoms with van der Waals surface area (Å²) >= 11 is 5.98. The lowest BCUT2D eigenvalue weighted by Gasteiger charge is -2.16. The van der Waals surface area contributed by atoms with Gasteiger partial charge in [0.25, 0.3) is 11.1 Å². The summed E-state index contributed by atoms with van der Waals surface area (Å²) in [7, 11) is 1.51. The number of alkyl halides is 3. The van der Waals surface area contributed by atoms with Crippen LogP contribution in [-0.2, 0) is 11.0 Å². The molecule has 118 valence electrons. The number of amides is 1. The van der Waals surface area contributed by atoms with Crippen LogP contribution in [0.1, 0.15) is 5.01 Å². The first kappa shape index (κ1) is 16.5. The summed E-state index contributed by atoms with van der Waals surface area (Å²) in [4.78, 5) is 13.2. The molecule has 10 heteroatoms. The highest BCUT2D eigenvalue weighted by atomic mass is 35.5. The van der Waals surface area contributed by atoms with Gasteiger partial charge in [0.1, 0.15) is 0 Å². The Morgan fingerprint density at radius 3 is 2.50 bits per heavy atom. The van der Waals surface area contributed by atoms with Crippen molar-refractivity contribution in [2.45, 2.75) is 6.18 Å². The molecule has 2 aromatic rings. The van der Waals surface area contributed by atoms with Crippen LogP contribution in [0.15, 0.2) is 24.3 Å². The molecule has 0 fully saturated rings. The number of aromatic nitrogens is 2. The van der Waals surface area contributed by atoms with E-state index < -0.39 is 23.7 Å². The van der Waals surface area contributed by atoms with E-state index in [1.807, 2.05) is 0 Å². The van der Waals surface area contributed by atoms with E-state index in [1.165, 1.54) is 11.9 Å². The minimum atomic E-state index is -4.58. The quantitative estimate of drug-likeness (QED) is 0.848. The predicted molar refractivity (Wildman–Crippen MR) is 75.3 cm³/mol. The first-order valence-corrected chi connectivity index (χ1v) is 7.02. The number of halogens is 4. The van der Waals surface area contributed by atoms with Gasteiger partial charge in [0.2, 0.25) is 5.01 Å². The Morgan fingerprint density at radius 2 is 1.95 bits per heavy atom. The molecule has 0 N–H and O–H groups in total. The number of nitrogens with zero attached hydrogens (tertiary/aromatic N) is 3. The number of hydrogen-bond donors (Lipinski definition) is 0. The van der Waals surface area contributed by atoms with Gasteiger partial charge in [-0.05, 0) is 24.3 Å². The van der Waals surface area contributed by atoms with Gasteiger partial charge in [0.15, 0.2) is 6.61 Å². The second-order valence-corrected chi connectivity index (χ2v) is 5.47. The molecule has 1 heterocycles. The Labute approximate surface area is 132 Å². The topological polar surface area (TPSA) is 55.3 Å². The normalized spacial score (nSPS) is 11.3. The summed E-state index contributed by atoms with van der Waals surface area (Å²) in [5.74, 6) is -0.453. The molecule has 0 saturated carbocycles. The van der Waals surface area contributed by atoms with Crippen molar-refractivity contribution < 1.29 is 22.7 Å². The van der Waals surface area contributed by atoms with Crippen molar-refractivity contribution in [1.29, 1.82) is 0 Å². The van der Waals surface area contributed by atoms with Gasteiger partial charge in [-0.1, -0.05) is 28.0 Å². The summed E-state index contributed by atoms with van der Waals surface area (Å²) in [6.07, 6.45) is -4.58. The van der Waals surface area contributed by atoms with Gasteiger partial charge in [0, 0.05) is 17.8 Å². The monoisotopic (exact) mass is 351 g/mol. The van der Waals surface area contributed by atoms with E-state index >= 15 is 0 Å². The average molecular weight is 352 g/mol. The van der Waals surface area contributed by atoms with Crippen molar-refractivity contribution in [3.63, 3.8) is 0 Å². The molecule has 0 bridgehead atoms. The molecule has 1 amide bonds. The van der Waals surface area contributed by atoms with Crippen LogP contribution in [0, 0.1) is 0 Å². The highest BCUT2D eigenvalue weighted by molar-refractivity contribution is 7.13. The SMILES string of the molecule is CN(C(=O)COc1nnc(C(F)(F)F)s1)c1ccc(Cl)cc1. The first-order chi connectivity index (χ1) is 10.3. The van der Waals surface area contributed by atoms with Gasteiger partial charge in [-0.25, -0.2) is 0 Å². The molecular formula is C12H9ClF3N3O2S. The fourth-order valence-electron chi connectivity index (χ4n) is 1.41. The van der Waals surface area contributed by atoms with E-state index in [0.717, 1.165) is 0 Å². The molecule has 1 aromatic carbocycles. The molecule has 0 saturated heterocycles. The molecule has 0 radical (unpaired) electrons. The lowest BCUT2D eigenvalue weighted by Crippen LogP contribution is -2.31. The van der Waals surface area contributed by atoms with Gasteiger partial charge in [-0.2, -0.15) is 13.2 Å². The molecule has 0 aliphatic carbocycles. The largest absolute Gasteiger partial charge is 0.459 e. The molecular weight excluding hydrogens is 343 g/mol. The molecule has 0 unspecified atom stereocenters. The number of rotatable bonds is 4. The third kappa shape index (κ3) is 4.08. The summed E-state index contributed by atoms with van der Waals surface area (Å²) in [6, 6.07) is 6.49. The number of anilines is 1. The van der Waals surface area contributed by atoms with Crippen molar-refractivity contribution in [1.82, 2.24) is 10.2 Å². The van der Waals surface area contributed by atoms with Crippen LogP contribution < -0.4 is 9.64 Å². The van der Waals surface area contributed by atoms with Crippen molar-refractivity contribution in [2.24, 2.45) is 0 Å². The lowest BCUT2D eigenvalue weighted by atomic mass is 10.3. The molecule has 5 nitrogen and oxygen atoms in total. The summed E-state index contributed by atoms with van der Waals surface area (Å²) in [6.45, 7) is -0.453. The highest BCUT2D eigenvalue weighted by Crippen LogP contribution is 2.33. The minimum absolute atomic E-state index is 0.234.